The molecule has 0 heterocycles. The normalized spacial score (nSPS) is 12.8. The van der Waals surface area contributed by atoms with Crippen LogP contribution in [0.4, 0.5) is 0 Å². The molecule has 0 aliphatic rings. The molecule has 0 saturated carbocycles. The van der Waals surface area contributed by atoms with Crippen LogP contribution in [-0.2, 0) is 49.5 Å². The Morgan fingerprint density at radius 1 is 0.689 bits per heavy atom. The lowest BCUT2D eigenvalue weighted by atomic mass is 10.0. The molecule has 0 fully saturated rings. The molecule has 17 nitrogen and oxygen atoms in total. The highest BCUT2D eigenvalue weighted by Gasteiger charge is 2.13. The summed E-state index contributed by atoms with van der Waals surface area (Å²) in [6.45, 7) is 5.79. The van der Waals surface area contributed by atoms with E-state index in [0.717, 1.165) is 38.3 Å². The molecule has 0 aromatic rings. The Bertz CT molecular complexity index is 1320. The highest BCUT2D eigenvalue weighted by atomic mass is 32.2. The van der Waals surface area contributed by atoms with E-state index in [-0.39, 0.29) is 16.7 Å². The zero-order valence-electron chi connectivity index (χ0n) is 25.4. The molecule has 0 aromatic carbocycles. The summed E-state index contributed by atoms with van der Waals surface area (Å²) >= 11 is 0. The molecule has 0 spiro atoms. The lowest BCUT2D eigenvalue weighted by Crippen LogP contribution is -2.13. The fraction of sp³-hybridized carbons (Fsp3) is 0.600. The summed E-state index contributed by atoms with van der Waals surface area (Å²) in [7, 11) is -12.1. The minimum atomic E-state index is -4.31. The van der Waals surface area contributed by atoms with Gasteiger partial charge in [-0.25, -0.2) is 19.2 Å². The van der Waals surface area contributed by atoms with Crippen LogP contribution in [0.1, 0.15) is 85.5 Å². The van der Waals surface area contributed by atoms with Gasteiger partial charge in [0, 0.05) is 23.3 Å². The van der Waals surface area contributed by atoms with Gasteiger partial charge in [-0.1, -0.05) is 57.9 Å². The van der Waals surface area contributed by atoms with E-state index in [4.69, 9.17) is 34.1 Å². The van der Waals surface area contributed by atoms with Gasteiger partial charge in [-0.2, -0.15) is 25.3 Å². The first-order valence-corrected chi connectivity index (χ1v) is 17.8. The molecular weight excluding hydrogens is 668 g/mol. The number of carboxylic acids is 4. The number of carboxylic acid groups (broad SMARTS) is 4. The number of hydrogen-bond donors (Lipinski definition) is 7. The highest BCUT2D eigenvalue weighted by molar-refractivity contribution is 7.88. The van der Waals surface area contributed by atoms with Gasteiger partial charge in [0.15, 0.2) is 0 Å². The summed E-state index contributed by atoms with van der Waals surface area (Å²) in [6.07, 6.45) is 11.7. The van der Waals surface area contributed by atoms with E-state index in [9.17, 15) is 44.4 Å². The molecule has 0 aliphatic carbocycles. The fourth-order valence-electron chi connectivity index (χ4n) is 2.43. The van der Waals surface area contributed by atoms with Gasteiger partial charge in [-0.3, -0.25) is 13.7 Å². The zero-order valence-corrected chi connectivity index (χ0v) is 27.8. The molecule has 0 aromatic heterocycles. The average molecular weight is 713 g/mol. The molecule has 0 radical (unpaired) electrons. The standard InChI is InChI=1S/C14H24O4.C5H8O5S.C4H6O5S.C2H6O3S/c1-2-3-4-5-6-7-8-9-10-12(14(17)18)11-13(15)16;1-4(11(8,9)10)2-3-5(6)7;1-3(4(5)6)2-10(7,8)9;1-2-6(3,4)5/h11H,2-10H2,1H3,(H,15,16)(H,17,18);2-4H,1H3,(H,6,7)(H,8,9,10);2H,1H3,(H,5,6)(H,7,8,9);2H2,1H3,(H,3,4,5)/b12-11-;2*3-2+;. The molecule has 0 amide bonds. The Labute approximate surface area is 263 Å². The number of hydrogen-bond acceptors (Lipinski definition) is 10. The van der Waals surface area contributed by atoms with Crippen molar-refractivity contribution in [2.75, 3.05) is 5.75 Å². The largest absolute Gasteiger partial charge is 0.478 e. The van der Waals surface area contributed by atoms with E-state index in [1.165, 1.54) is 46.0 Å². The maximum atomic E-state index is 10.7. The van der Waals surface area contributed by atoms with Crippen molar-refractivity contribution in [1.82, 2.24) is 0 Å². The maximum absolute atomic E-state index is 10.7. The van der Waals surface area contributed by atoms with Crippen molar-refractivity contribution >= 4 is 54.2 Å². The SMILES string of the molecule is C/C(=C\S(=O)(=O)O)C(=O)O.CC(/C=C/C(=O)O)S(=O)(=O)O.CCCCCCCCCC/C(=C/C(=O)O)C(=O)O.CCS(=O)(=O)O. The van der Waals surface area contributed by atoms with Crippen molar-refractivity contribution in [3.8, 4) is 0 Å². The Hall–Kier alpha value is -3.17. The zero-order chi connectivity index (χ0) is 36.4. The first kappa shape index (κ1) is 48.7. The summed E-state index contributed by atoms with van der Waals surface area (Å²) < 4.78 is 83.7. The number of aliphatic carboxylic acids is 4. The minimum Gasteiger partial charge on any atom is -0.478 e. The van der Waals surface area contributed by atoms with Gasteiger partial charge in [0.25, 0.3) is 30.4 Å². The van der Waals surface area contributed by atoms with Gasteiger partial charge < -0.3 is 20.4 Å². The quantitative estimate of drug-likeness (QED) is 0.0646. The van der Waals surface area contributed by atoms with Gasteiger partial charge in [0.05, 0.1) is 11.2 Å². The minimum absolute atomic E-state index is 0.00603. The van der Waals surface area contributed by atoms with Gasteiger partial charge in [0.2, 0.25) is 0 Å². The van der Waals surface area contributed by atoms with E-state index in [1.54, 1.807) is 0 Å². The second-order valence-corrected chi connectivity index (χ2v) is 13.7. The molecule has 7 N–H and O–H groups in total. The third-order valence-electron chi connectivity index (χ3n) is 4.88. The Balaban J connectivity index is -0.000000268. The molecule has 264 valence electrons. The summed E-state index contributed by atoms with van der Waals surface area (Å²) in [5.74, 6) is -5.14. The van der Waals surface area contributed by atoms with Crippen LogP contribution in [0.5, 0.6) is 0 Å². The number of unbranched alkanes of at least 4 members (excludes halogenated alkanes) is 7. The Morgan fingerprint density at radius 2 is 1.11 bits per heavy atom. The molecule has 1 unspecified atom stereocenters. The summed E-state index contributed by atoms with van der Waals surface area (Å²) in [5.41, 5.74) is -0.434. The molecule has 45 heavy (non-hydrogen) atoms. The Kier molecular flexibility index (Phi) is 28.2. The van der Waals surface area contributed by atoms with Crippen molar-refractivity contribution in [2.45, 2.75) is 90.7 Å². The smallest absolute Gasteiger partial charge is 0.332 e. The molecule has 20 heteroatoms. The monoisotopic (exact) mass is 712 g/mol. The van der Waals surface area contributed by atoms with Crippen molar-refractivity contribution in [3.05, 3.63) is 34.8 Å². The highest BCUT2D eigenvalue weighted by Crippen LogP contribution is 2.13. The fourth-order valence-corrected chi connectivity index (χ4v) is 3.25. The second kappa shape index (κ2) is 26.1. The van der Waals surface area contributed by atoms with Crippen LogP contribution in [0.3, 0.4) is 0 Å². The van der Waals surface area contributed by atoms with Crippen LogP contribution in [0, 0.1) is 0 Å². The predicted octanol–water partition coefficient (Wildman–Crippen LogP) is 3.27. The number of rotatable bonds is 17. The van der Waals surface area contributed by atoms with Crippen LogP contribution in [0.25, 0.3) is 0 Å². The van der Waals surface area contributed by atoms with E-state index >= 15 is 0 Å². The molecule has 1 atom stereocenters. The van der Waals surface area contributed by atoms with E-state index in [2.05, 4.69) is 6.92 Å². The first-order valence-electron chi connectivity index (χ1n) is 13.2. The Morgan fingerprint density at radius 3 is 1.38 bits per heavy atom. The molecule has 0 bridgehead atoms. The summed E-state index contributed by atoms with van der Waals surface area (Å²) in [6, 6.07) is 0. The van der Waals surface area contributed by atoms with E-state index in [0.29, 0.717) is 12.5 Å². The second-order valence-electron chi connectivity index (χ2n) is 8.95. The summed E-state index contributed by atoms with van der Waals surface area (Å²) in [4.78, 5) is 41.0. The molecule has 0 saturated heterocycles. The maximum Gasteiger partial charge on any atom is 0.332 e. The third-order valence-corrected chi connectivity index (χ3v) is 7.36. The molecule has 0 aliphatic heterocycles. The summed E-state index contributed by atoms with van der Waals surface area (Å²) in [5, 5.41) is 32.6. The van der Waals surface area contributed by atoms with E-state index in [1.807, 2.05) is 0 Å². The van der Waals surface area contributed by atoms with E-state index < -0.39 is 65.1 Å². The number of carbonyl (C=O) groups is 4. The van der Waals surface area contributed by atoms with Gasteiger partial charge in [-0.05, 0) is 33.6 Å². The molecule has 0 rings (SSSR count). The van der Waals surface area contributed by atoms with Crippen LogP contribution in [-0.4, -0.2) is 94.2 Å². The third kappa shape index (κ3) is 43.0. The van der Waals surface area contributed by atoms with Crippen LogP contribution < -0.4 is 0 Å². The van der Waals surface area contributed by atoms with Crippen molar-refractivity contribution in [1.29, 1.82) is 0 Å². The average Bonchev–Trinajstić information content (AvgIpc) is 2.86. The predicted molar refractivity (Wildman–Crippen MR) is 163 cm³/mol. The van der Waals surface area contributed by atoms with Gasteiger partial charge >= 0.3 is 23.9 Å². The van der Waals surface area contributed by atoms with Crippen molar-refractivity contribution < 1.29 is 78.5 Å². The van der Waals surface area contributed by atoms with Crippen LogP contribution >= 0.6 is 0 Å². The van der Waals surface area contributed by atoms with Crippen LogP contribution in [0.2, 0.25) is 0 Å². The van der Waals surface area contributed by atoms with Crippen molar-refractivity contribution in [3.63, 3.8) is 0 Å². The lowest BCUT2D eigenvalue weighted by Gasteiger charge is -2.02. The van der Waals surface area contributed by atoms with Gasteiger partial charge in [0.1, 0.15) is 5.25 Å². The van der Waals surface area contributed by atoms with Crippen LogP contribution in [0.15, 0.2) is 34.8 Å². The molecular formula is C25H44O17S3. The van der Waals surface area contributed by atoms with Gasteiger partial charge in [-0.15, -0.1) is 0 Å². The van der Waals surface area contributed by atoms with Crippen molar-refractivity contribution in [2.24, 2.45) is 0 Å². The lowest BCUT2D eigenvalue weighted by molar-refractivity contribution is -0.135. The topological polar surface area (TPSA) is 312 Å². The first-order chi connectivity index (χ1) is 20.3.